The summed E-state index contributed by atoms with van der Waals surface area (Å²) in [4.78, 5) is 7.75. The van der Waals surface area contributed by atoms with Gasteiger partial charge >= 0.3 is 0 Å². The number of hydrogen-bond acceptors (Lipinski definition) is 6. The Morgan fingerprint density at radius 2 is 1.94 bits per heavy atom. The normalized spacial score (nSPS) is 16.6. The monoisotopic (exact) mass is 472 g/mol. The molecule has 0 bridgehead atoms. The fourth-order valence-electron chi connectivity index (χ4n) is 3.72. The first kappa shape index (κ1) is 23.4. The number of nitrogens with zero attached hydrogens (tertiary/aromatic N) is 2. The van der Waals surface area contributed by atoms with Gasteiger partial charge in [-0.1, -0.05) is 41.0 Å². The molecule has 33 heavy (non-hydrogen) atoms. The Bertz CT molecular complexity index is 1030. The van der Waals surface area contributed by atoms with Crippen LogP contribution in [0, 0.1) is 5.82 Å². The molecule has 0 unspecified atom stereocenters. The van der Waals surface area contributed by atoms with Crippen LogP contribution in [0.3, 0.4) is 0 Å². The van der Waals surface area contributed by atoms with Crippen molar-refractivity contribution in [1.29, 1.82) is 0 Å². The Kier molecular flexibility index (Phi) is 8.12. The van der Waals surface area contributed by atoms with Crippen LogP contribution in [0.1, 0.15) is 23.3 Å². The number of hydrogen-bond donors (Lipinski definition) is 1. The lowest BCUT2D eigenvalue weighted by atomic mass is 10.0. The Hall–Kier alpha value is -2.71. The lowest BCUT2D eigenvalue weighted by molar-refractivity contribution is -0.00956. The fourth-order valence-corrected chi connectivity index (χ4v) is 3.85. The van der Waals surface area contributed by atoms with Crippen molar-refractivity contribution in [2.45, 2.75) is 31.8 Å². The summed E-state index contributed by atoms with van der Waals surface area (Å²) in [6, 6.07) is 17.5. The molecule has 0 saturated carbocycles. The molecular weight excluding hydrogens is 447 g/mol. The topological polar surface area (TPSA) is 67.4 Å². The molecule has 1 aliphatic rings. The van der Waals surface area contributed by atoms with Gasteiger partial charge in [-0.05, 0) is 47.5 Å². The molecular formula is C25H26ClFN2O4. The van der Waals surface area contributed by atoms with Crippen molar-refractivity contribution in [3.05, 3.63) is 94.7 Å². The number of furan rings is 1. The molecule has 0 amide bonds. The second-order valence-electron chi connectivity index (χ2n) is 8.05. The van der Waals surface area contributed by atoms with Gasteiger partial charge in [0.05, 0.1) is 24.7 Å². The highest BCUT2D eigenvalue weighted by Crippen LogP contribution is 2.20. The minimum atomic E-state index is -0.710. The zero-order chi connectivity index (χ0) is 23.0. The van der Waals surface area contributed by atoms with Crippen LogP contribution in [0.15, 0.2) is 76.5 Å². The summed E-state index contributed by atoms with van der Waals surface area (Å²) < 4.78 is 24.1. The van der Waals surface area contributed by atoms with E-state index in [1.807, 2.05) is 30.3 Å². The van der Waals surface area contributed by atoms with E-state index in [1.165, 1.54) is 12.1 Å². The van der Waals surface area contributed by atoms with Gasteiger partial charge in [0.25, 0.3) is 0 Å². The minimum Gasteiger partial charge on any atom is -0.467 e. The first-order valence-electron chi connectivity index (χ1n) is 10.8. The van der Waals surface area contributed by atoms with Crippen LogP contribution >= 0.6 is 11.6 Å². The van der Waals surface area contributed by atoms with E-state index in [2.05, 4.69) is 10.1 Å². The molecule has 4 rings (SSSR count). The van der Waals surface area contributed by atoms with Crippen LogP contribution < -0.4 is 0 Å². The molecule has 3 aromatic rings. The molecule has 2 aromatic carbocycles. The van der Waals surface area contributed by atoms with Crippen molar-refractivity contribution in [3.8, 4) is 0 Å². The third kappa shape index (κ3) is 7.14. The first-order valence-corrected chi connectivity index (χ1v) is 11.2. The molecule has 0 saturated heterocycles. The summed E-state index contributed by atoms with van der Waals surface area (Å²) in [5.74, 6) is 0.424. The molecule has 0 spiro atoms. The Morgan fingerprint density at radius 3 is 2.67 bits per heavy atom. The standard InChI is InChI=1S/C25H26ClFN2O4/c26-20-7-5-19(6-8-20)25-12-24(33-28-25)15-29(13-18-3-9-21(27)10-4-18)14-22(30)16-31-17-23-2-1-11-32-23/h1-11,22,24,30H,12-17H2/t22-,24+/m0/s1. The number of ether oxygens (including phenoxy) is 1. The number of rotatable bonds is 11. The highest BCUT2D eigenvalue weighted by atomic mass is 35.5. The average Bonchev–Trinajstić information content (AvgIpc) is 3.48. The Morgan fingerprint density at radius 1 is 1.15 bits per heavy atom. The second-order valence-corrected chi connectivity index (χ2v) is 8.48. The van der Waals surface area contributed by atoms with E-state index in [9.17, 15) is 9.50 Å². The number of benzene rings is 2. The van der Waals surface area contributed by atoms with E-state index in [4.69, 9.17) is 25.6 Å². The van der Waals surface area contributed by atoms with Crippen molar-refractivity contribution in [2.75, 3.05) is 19.7 Å². The summed E-state index contributed by atoms with van der Waals surface area (Å²) in [5.41, 5.74) is 2.77. The average molecular weight is 473 g/mol. The Balaban J connectivity index is 1.34. The van der Waals surface area contributed by atoms with Gasteiger partial charge < -0.3 is 19.1 Å². The third-order valence-electron chi connectivity index (χ3n) is 5.30. The van der Waals surface area contributed by atoms with Gasteiger partial charge in [0.2, 0.25) is 0 Å². The summed E-state index contributed by atoms with van der Waals surface area (Å²) >= 11 is 5.98. The quantitative estimate of drug-likeness (QED) is 0.440. The van der Waals surface area contributed by atoms with E-state index in [-0.39, 0.29) is 18.5 Å². The molecule has 8 heteroatoms. The summed E-state index contributed by atoms with van der Waals surface area (Å²) in [6.07, 6.45) is 1.36. The first-order chi connectivity index (χ1) is 16.0. The number of aliphatic hydroxyl groups excluding tert-OH is 1. The SMILES string of the molecule is O[C@H](COCc1ccco1)CN(Cc1ccc(F)cc1)C[C@H]1CC(c2ccc(Cl)cc2)=NO1. The van der Waals surface area contributed by atoms with Gasteiger partial charge in [-0.15, -0.1) is 0 Å². The van der Waals surface area contributed by atoms with Gasteiger partial charge in [0.1, 0.15) is 24.3 Å². The van der Waals surface area contributed by atoms with Crippen molar-refractivity contribution < 1.29 is 23.5 Å². The van der Waals surface area contributed by atoms with Gasteiger partial charge in [-0.3, -0.25) is 4.90 Å². The van der Waals surface area contributed by atoms with Gasteiger partial charge in [0, 0.05) is 31.1 Å². The van der Waals surface area contributed by atoms with E-state index < -0.39 is 6.10 Å². The third-order valence-corrected chi connectivity index (χ3v) is 5.55. The number of aliphatic hydroxyl groups is 1. The molecule has 1 aromatic heterocycles. The second kappa shape index (κ2) is 11.4. The number of halogens is 2. The van der Waals surface area contributed by atoms with Crippen molar-refractivity contribution in [3.63, 3.8) is 0 Å². The smallest absolute Gasteiger partial charge is 0.145 e. The lowest BCUT2D eigenvalue weighted by Crippen LogP contribution is -2.39. The molecule has 1 N–H and O–H groups in total. The zero-order valence-corrected chi connectivity index (χ0v) is 18.8. The fraction of sp³-hybridized carbons (Fsp3) is 0.320. The van der Waals surface area contributed by atoms with Crippen LogP contribution in [0.5, 0.6) is 0 Å². The number of oxime groups is 1. The summed E-state index contributed by atoms with van der Waals surface area (Å²) in [7, 11) is 0. The van der Waals surface area contributed by atoms with Gasteiger partial charge in [0.15, 0.2) is 0 Å². The molecule has 0 aliphatic carbocycles. The van der Waals surface area contributed by atoms with Crippen LogP contribution in [0.4, 0.5) is 4.39 Å². The highest BCUT2D eigenvalue weighted by molar-refractivity contribution is 6.30. The maximum absolute atomic E-state index is 13.3. The largest absolute Gasteiger partial charge is 0.467 e. The predicted molar refractivity (Wildman–Crippen MR) is 124 cm³/mol. The molecule has 1 aliphatic heterocycles. The molecule has 2 heterocycles. The maximum atomic E-state index is 13.3. The molecule has 0 radical (unpaired) electrons. The van der Waals surface area contributed by atoms with Crippen LogP contribution in [-0.2, 0) is 22.7 Å². The van der Waals surface area contributed by atoms with E-state index in [0.29, 0.717) is 43.4 Å². The van der Waals surface area contributed by atoms with Crippen LogP contribution in [0.25, 0.3) is 0 Å². The Labute approximate surface area is 197 Å². The highest BCUT2D eigenvalue weighted by Gasteiger charge is 2.26. The lowest BCUT2D eigenvalue weighted by Gasteiger charge is -2.27. The zero-order valence-electron chi connectivity index (χ0n) is 18.1. The molecule has 0 fully saturated rings. The molecule has 2 atom stereocenters. The van der Waals surface area contributed by atoms with Gasteiger partial charge in [-0.2, -0.15) is 0 Å². The van der Waals surface area contributed by atoms with E-state index in [1.54, 1.807) is 24.5 Å². The van der Waals surface area contributed by atoms with Crippen molar-refractivity contribution in [2.24, 2.45) is 5.16 Å². The van der Waals surface area contributed by atoms with Crippen molar-refractivity contribution in [1.82, 2.24) is 4.90 Å². The van der Waals surface area contributed by atoms with Crippen LogP contribution in [-0.4, -0.2) is 47.6 Å². The minimum absolute atomic E-state index is 0.160. The summed E-state index contributed by atoms with van der Waals surface area (Å²) in [5, 5.41) is 15.5. The summed E-state index contributed by atoms with van der Waals surface area (Å²) in [6.45, 7) is 1.91. The van der Waals surface area contributed by atoms with Crippen molar-refractivity contribution >= 4 is 17.3 Å². The molecule has 174 valence electrons. The van der Waals surface area contributed by atoms with Gasteiger partial charge in [-0.25, -0.2) is 4.39 Å². The van der Waals surface area contributed by atoms with E-state index in [0.717, 1.165) is 16.8 Å². The van der Waals surface area contributed by atoms with Crippen LogP contribution in [0.2, 0.25) is 5.02 Å². The predicted octanol–water partition coefficient (Wildman–Crippen LogP) is 4.65. The maximum Gasteiger partial charge on any atom is 0.145 e. The molecule has 6 nitrogen and oxygen atoms in total. The van der Waals surface area contributed by atoms with E-state index >= 15 is 0 Å².